The summed E-state index contributed by atoms with van der Waals surface area (Å²) < 4.78 is 29.5. The Bertz CT molecular complexity index is 1740. The number of anilines is 2. The maximum absolute atomic E-state index is 12.7. The van der Waals surface area contributed by atoms with Crippen molar-refractivity contribution in [2.75, 3.05) is 15.8 Å². The zero-order valence-corrected chi connectivity index (χ0v) is 24.0. The molecule has 5 aromatic rings. The fraction of sp³-hybridized carbons (Fsp3) is 0.138. The quantitative estimate of drug-likeness (QED) is 0.212. The van der Waals surface area contributed by atoms with Crippen LogP contribution in [0.25, 0.3) is 17.1 Å². The number of carbonyl (C=O) groups is 1. The van der Waals surface area contributed by atoms with Crippen LogP contribution in [0.5, 0.6) is 0 Å². The molecule has 0 saturated heterocycles. The molecular formula is C29H27N7O3S2. The molecule has 0 spiro atoms. The van der Waals surface area contributed by atoms with E-state index >= 15 is 0 Å². The molecule has 5 rings (SSSR count). The molecule has 2 heterocycles. The van der Waals surface area contributed by atoms with Crippen LogP contribution in [-0.4, -0.2) is 44.8 Å². The summed E-state index contributed by atoms with van der Waals surface area (Å²) >= 11 is 1.44. The molecule has 2 N–H and O–H groups in total. The molecule has 0 aliphatic rings. The number of aromatic nitrogens is 5. The van der Waals surface area contributed by atoms with Gasteiger partial charge in [-0.1, -0.05) is 59.3 Å². The number of sulfonamides is 1. The van der Waals surface area contributed by atoms with Crippen molar-refractivity contribution < 1.29 is 13.2 Å². The van der Waals surface area contributed by atoms with Crippen LogP contribution in [0.15, 0.2) is 101 Å². The second-order valence-electron chi connectivity index (χ2n) is 9.19. The number of carbonyl (C=O) groups excluding carboxylic acids is 1. The van der Waals surface area contributed by atoms with E-state index in [0.717, 1.165) is 28.2 Å². The standard InChI is InChI=1S/C29H27N7O3S2/c1-20-4-8-22(9-5-20)27-33-34-29(36(27)24-12-6-21(2)7-13-24)40-19-16-26(37)32-23-10-14-25(15-11-23)41(38,39)35-28-30-17-3-18-31-28/h3-15,17-18H,16,19H2,1-2H3,(H,32,37)(H,30,31,35). The molecule has 0 radical (unpaired) electrons. The highest BCUT2D eigenvalue weighted by Gasteiger charge is 2.18. The average Bonchev–Trinajstić information content (AvgIpc) is 3.38. The molecule has 0 fully saturated rings. The molecule has 0 bridgehead atoms. The second kappa shape index (κ2) is 12.3. The van der Waals surface area contributed by atoms with E-state index in [1.807, 2.05) is 66.9 Å². The third-order valence-corrected chi connectivity index (χ3v) is 8.31. The Morgan fingerprint density at radius 3 is 2.15 bits per heavy atom. The van der Waals surface area contributed by atoms with Crippen molar-refractivity contribution in [3.63, 3.8) is 0 Å². The van der Waals surface area contributed by atoms with Crippen molar-refractivity contribution >= 4 is 39.3 Å². The van der Waals surface area contributed by atoms with Gasteiger partial charge in [-0.05, 0) is 56.3 Å². The summed E-state index contributed by atoms with van der Waals surface area (Å²) in [6.07, 6.45) is 3.10. The monoisotopic (exact) mass is 585 g/mol. The fourth-order valence-corrected chi connectivity index (χ4v) is 5.73. The van der Waals surface area contributed by atoms with Crippen LogP contribution in [0.3, 0.4) is 0 Å². The number of aryl methyl sites for hydroxylation is 2. The van der Waals surface area contributed by atoms with Gasteiger partial charge in [0.2, 0.25) is 11.9 Å². The number of rotatable bonds is 10. The van der Waals surface area contributed by atoms with E-state index in [0.29, 0.717) is 16.6 Å². The summed E-state index contributed by atoms with van der Waals surface area (Å²) in [5.41, 5.74) is 4.68. The summed E-state index contributed by atoms with van der Waals surface area (Å²) in [5, 5.41) is 12.4. The molecule has 0 aliphatic heterocycles. The molecular weight excluding hydrogens is 558 g/mol. The zero-order chi connectivity index (χ0) is 28.8. The summed E-state index contributed by atoms with van der Waals surface area (Å²) in [6, 6.07) is 23.7. The lowest BCUT2D eigenvalue weighted by Gasteiger charge is -2.11. The van der Waals surface area contributed by atoms with Crippen molar-refractivity contribution in [3.05, 3.63) is 102 Å². The summed E-state index contributed by atoms with van der Waals surface area (Å²) in [6.45, 7) is 4.07. The molecule has 208 valence electrons. The number of nitrogens with one attached hydrogen (secondary N) is 2. The molecule has 3 aromatic carbocycles. The summed E-state index contributed by atoms with van der Waals surface area (Å²) in [4.78, 5) is 20.4. The van der Waals surface area contributed by atoms with Crippen LogP contribution < -0.4 is 10.0 Å². The molecule has 0 unspecified atom stereocenters. The predicted octanol–water partition coefficient (Wildman–Crippen LogP) is 5.26. The molecule has 1 amide bonds. The molecule has 12 heteroatoms. The lowest BCUT2D eigenvalue weighted by atomic mass is 10.1. The van der Waals surface area contributed by atoms with Crippen LogP contribution in [0.4, 0.5) is 11.6 Å². The lowest BCUT2D eigenvalue weighted by Crippen LogP contribution is -2.15. The maximum atomic E-state index is 12.7. The van der Waals surface area contributed by atoms with Gasteiger partial charge in [-0.2, -0.15) is 0 Å². The maximum Gasteiger partial charge on any atom is 0.264 e. The van der Waals surface area contributed by atoms with E-state index < -0.39 is 10.0 Å². The molecule has 0 aliphatic carbocycles. The van der Waals surface area contributed by atoms with Crippen molar-refractivity contribution in [2.24, 2.45) is 0 Å². The Labute approximate surface area is 242 Å². The van der Waals surface area contributed by atoms with Gasteiger partial charge in [0.25, 0.3) is 10.0 Å². The van der Waals surface area contributed by atoms with Crippen LogP contribution in [0.1, 0.15) is 17.5 Å². The van der Waals surface area contributed by atoms with Gasteiger partial charge in [0, 0.05) is 41.5 Å². The number of nitrogens with zero attached hydrogens (tertiary/aromatic N) is 5. The van der Waals surface area contributed by atoms with Crippen molar-refractivity contribution in [3.8, 4) is 17.1 Å². The van der Waals surface area contributed by atoms with Gasteiger partial charge in [-0.3, -0.25) is 9.36 Å². The van der Waals surface area contributed by atoms with Gasteiger partial charge in [0.1, 0.15) is 0 Å². The van der Waals surface area contributed by atoms with Crippen LogP contribution in [-0.2, 0) is 14.8 Å². The van der Waals surface area contributed by atoms with Gasteiger partial charge in [0.15, 0.2) is 11.0 Å². The number of hydrogen-bond acceptors (Lipinski definition) is 8. The third-order valence-electron chi connectivity index (χ3n) is 6.04. The van der Waals surface area contributed by atoms with E-state index in [4.69, 9.17) is 0 Å². The highest BCUT2D eigenvalue weighted by atomic mass is 32.2. The lowest BCUT2D eigenvalue weighted by molar-refractivity contribution is -0.115. The Kier molecular flexibility index (Phi) is 8.41. The third kappa shape index (κ3) is 6.97. The number of thioether (sulfide) groups is 1. The van der Waals surface area contributed by atoms with E-state index in [-0.39, 0.29) is 23.2 Å². The Morgan fingerprint density at radius 1 is 0.854 bits per heavy atom. The SMILES string of the molecule is Cc1ccc(-c2nnc(SCCC(=O)Nc3ccc(S(=O)(=O)Nc4ncccn4)cc3)n2-c2ccc(C)cc2)cc1. The van der Waals surface area contributed by atoms with Crippen molar-refractivity contribution in [1.82, 2.24) is 24.7 Å². The molecule has 10 nitrogen and oxygen atoms in total. The fourth-order valence-electron chi connectivity index (χ4n) is 3.89. The van der Waals surface area contributed by atoms with E-state index in [1.54, 1.807) is 6.07 Å². The summed E-state index contributed by atoms with van der Waals surface area (Å²) in [7, 11) is -3.86. The Balaban J connectivity index is 1.23. The van der Waals surface area contributed by atoms with E-state index in [2.05, 4.69) is 30.2 Å². The van der Waals surface area contributed by atoms with Gasteiger partial charge < -0.3 is 5.32 Å². The molecule has 41 heavy (non-hydrogen) atoms. The predicted molar refractivity (Wildman–Crippen MR) is 160 cm³/mol. The normalized spacial score (nSPS) is 11.3. The van der Waals surface area contributed by atoms with E-state index in [9.17, 15) is 13.2 Å². The van der Waals surface area contributed by atoms with Crippen LogP contribution in [0, 0.1) is 13.8 Å². The number of hydrogen-bond donors (Lipinski definition) is 2. The number of benzene rings is 3. The van der Waals surface area contributed by atoms with E-state index in [1.165, 1.54) is 48.4 Å². The second-order valence-corrected chi connectivity index (χ2v) is 11.9. The first-order chi connectivity index (χ1) is 19.8. The highest BCUT2D eigenvalue weighted by Crippen LogP contribution is 2.29. The Morgan fingerprint density at radius 2 is 1.49 bits per heavy atom. The van der Waals surface area contributed by atoms with Crippen molar-refractivity contribution in [1.29, 1.82) is 0 Å². The highest BCUT2D eigenvalue weighted by molar-refractivity contribution is 7.99. The average molecular weight is 586 g/mol. The molecule has 0 saturated carbocycles. The van der Waals surface area contributed by atoms with Crippen molar-refractivity contribution in [2.45, 2.75) is 30.3 Å². The minimum Gasteiger partial charge on any atom is -0.326 e. The zero-order valence-electron chi connectivity index (χ0n) is 22.4. The first kappa shape index (κ1) is 28.0. The van der Waals surface area contributed by atoms with Gasteiger partial charge >= 0.3 is 0 Å². The van der Waals surface area contributed by atoms with Crippen LogP contribution in [0.2, 0.25) is 0 Å². The Hall–Kier alpha value is -4.55. The molecule has 2 aromatic heterocycles. The van der Waals surface area contributed by atoms with Gasteiger partial charge in [-0.15, -0.1) is 10.2 Å². The van der Waals surface area contributed by atoms with Gasteiger partial charge in [-0.25, -0.2) is 23.1 Å². The first-order valence-electron chi connectivity index (χ1n) is 12.7. The summed E-state index contributed by atoms with van der Waals surface area (Å²) in [5.74, 6) is 0.969. The molecule has 0 atom stereocenters. The topological polar surface area (TPSA) is 132 Å². The van der Waals surface area contributed by atoms with Crippen LogP contribution >= 0.6 is 11.8 Å². The minimum absolute atomic E-state index is 0.0217. The van der Waals surface area contributed by atoms with Gasteiger partial charge in [0.05, 0.1) is 4.90 Å². The largest absolute Gasteiger partial charge is 0.326 e. The minimum atomic E-state index is -3.86. The first-order valence-corrected chi connectivity index (χ1v) is 15.2. The number of amides is 1. The smallest absolute Gasteiger partial charge is 0.264 e.